The Balaban J connectivity index is 2.18. The summed E-state index contributed by atoms with van der Waals surface area (Å²) < 4.78 is 1.73. The van der Waals surface area contributed by atoms with Crippen LogP contribution in [0, 0.1) is 5.92 Å². The highest BCUT2D eigenvalue weighted by molar-refractivity contribution is 7.18. The summed E-state index contributed by atoms with van der Waals surface area (Å²) in [7, 11) is 0. The summed E-state index contributed by atoms with van der Waals surface area (Å²) in [6.07, 6.45) is 3.25. The quantitative estimate of drug-likeness (QED) is 0.906. The Labute approximate surface area is 128 Å². The summed E-state index contributed by atoms with van der Waals surface area (Å²) in [6, 6.07) is 0. The highest BCUT2D eigenvalue weighted by Gasteiger charge is 2.24. The lowest BCUT2D eigenvalue weighted by atomic mass is 9.89. The molecule has 6 heteroatoms. The minimum absolute atomic E-state index is 0.0917. The van der Waals surface area contributed by atoms with Gasteiger partial charge in [-0.2, -0.15) is 0 Å². The number of thiophene rings is 1. The molecule has 1 aliphatic carbocycles. The molecule has 2 heterocycles. The SMILES string of the molecule is CCn1c(NCCN)nc2sc3c(c2c1=O)CCC(C)C3. The molecular weight excluding hydrogens is 284 g/mol. The molecule has 0 saturated carbocycles. The van der Waals surface area contributed by atoms with Crippen molar-refractivity contribution < 1.29 is 0 Å². The molecule has 0 spiro atoms. The van der Waals surface area contributed by atoms with Crippen LogP contribution in [-0.4, -0.2) is 22.6 Å². The van der Waals surface area contributed by atoms with E-state index in [1.807, 2.05) is 6.92 Å². The molecule has 0 aromatic carbocycles. The van der Waals surface area contributed by atoms with Crippen molar-refractivity contribution in [2.45, 2.75) is 39.7 Å². The van der Waals surface area contributed by atoms with Crippen molar-refractivity contribution in [3.05, 3.63) is 20.8 Å². The number of nitrogens with zero attached hydrogens (tertiary/aromatic N) is 2. The first-order valence-corrected chi connectivity index (χ1v) is 8.46. The van der Waals surface area contributed by atoms with Crippen LogP contribution in [0.15, 0.2) is 4.79 Å². The van der Waals surface area contributed by atoms with Gasteiger partial charge < -0.3 is 11.1 Å². The van der Waals surface area contributed by atoms with Crippen molar-refractivity contribution in [1.82, 2.24) is 9.55 Å². The standard InChI is InChI=1S/C15H22N4OS/c1-3-19-14(20)12-10-5-4-9(2)8-11(10)21-13(12)18-15(19)17-7-6-16/h9H,3-8,16H2,1-2H3,(H,17,18). The van der Waals surface area contributed by atoms with Gasteiger partial charge in [0.05, 0.1) is 5.39 Å². The summed E-state index contributed by atoms with van der Waals surface area (Å²) in [5, 5.41) is 4.02. The number of rotatable bonds is 4. The average molecular weight is 306 g/mol. The molecule has 0 fully saturated rings. The van der Waals surface area contributed by atoms with E-state index in [0.717, 1.165) is 29.5 Å². The molecule has 0 aliphatic heterocycles. The molecule has 2 aromatic rings. The fourth-order valence-electron chi connectivity index (χ4n) is 3.04. The van der Waals surface area contributed by atoms with Crippen LogP contribution in [0.25, 0.3) is 10.2 Å². The lowest BCUT2D eigenvalue weighted by molar-refractivity contribution is 0.509. The van der Waals surface area contributed by atoms with E-state index in [2.05, 4.69) is 17.2 Å². The molecule has 21 heavy (non-hydrogen) atoms. The van der Waals surface area contributed by atoms with Crippen molar-refractivity contribution >= 4 is 27.5 Å². The third-order valence-electron chi connectivity index (χ3n) is 4.16. The van der Waals surface area contributed by atoms with Crippen molar-refractivity contribution in [2.75, 3.05) is 18.4 Å². The monoisotopic (exact) mass is 306 g/mol. The molecule has 0 amide bonds. The second-order valence-corrected chi connectivity index (χ2v) is 6.82. The second kappa shape index (κ2) is 5.77. The zero-order valence-electron chi connectivity index (χ0n) is 12.6. The van der Waals surface area contributed by atoms with Crippen molar-refractivity contribution in [3.8, 4) is 0 Å². The molecule has 2 aromatic heterocycles. The van der Waals surface area contributed by atoms with E-state index in [0.29, 0.717) is 31.5 Å². The summed E-state index contributed by atoms with van der Waals surface area (Å²) in [5.74, 6) is 1.35. The largest absolute Gasteiger partial charge is 0.354 e. The van der Waals surface area contributed by atoms with Gasteiger partial charge in [-0.05, 0) is 37.7 Å². The zero-order valence-corrected chi connectivity index (χ0v) is 13.4. The van der Waals surface area contributed by atoms with Crippen LogP contribution in [-0.2, 0) is 19.4 Å². The molecule has 5 nitrogen and oxygen atoms in total. The van der Waals surface area contributed by atoms with Crippen LogP contribution in [0.5, 0.6) is 0 Å². The Morgan fingerprint density at radius 1 is 1.52 bits per heavy atom. The predicted octanol–water partition coefficient (Wildman–Crippen LogP) is 1.97. The molecule has 1 aliphatic rings. The second-order valence-electron chi connectivity index (χ2n) is 5.73. The summed E-state index contributed by atoms with van der Waals surface area (Å²) in [4.78, 5) is 19.7. The van der Waals surface area contributed by atoms with E-state index in [4.69, 9.17) is 5.73 Å². The van der Waals surface area contributed by atoms with Crippen molar-refractivity contribution in [3.63, 3.8) is 0 Å². The van der Waals surface area contributed by atoms with Crippen molar-refractivity contribution in [2.24, 2.45) is 11.7 Å². The van der Waals surface area contributed by atoms with Crippen LogP contribution >= 0.6 is 11.3 Å². The van der Waals surface area contributed by atoms with E-state index >= 15 is 0 Å². The van der Waals surface area contributed by atoms with Crippen LogP contribution in [0.2, 0.25) is 0 Å². The van der Waals surface area contributed by atoms with E-state index in [-0.39, 0.29) is 5.56 Å². The van der Waals surface area contributed by atoms with Crippen LogP contribution < -0.4 is 16.6 Å². The summed E-state index contributed by atoms with van der Waals surface area (Å²) in [6.45, 7) is 6.02. The van der Waals surface area contributed by atoms with E-state index in [9.17, 15) is 4.79 Å². The highest BCUT2D eigenvalue weighted by Crippen LogP contribution is 2.36. The minimum Gasteiger partial charge on any atom is -0.354 e. The third kappa shape index (κ3) is 2.46. The van der Waals surface area contributed by atoms with Gasteiger partial charge in [0, 0.05) is 24.5 Å². The minimum atomic E-state index is 0.0917. The zero-order chi connectivity index (χ0) is 15.0. The number of nitrogens with two attached hydrogens (primary N) is 1. The maximum atomic E-state index is 12.8. The maximum absolute atomic E-state index is 12.8. The Morgan fingerprint density at radius 3 is 3.05 bits per heavy atom. The maximum Gasteiger partial charge on any atom is 0.263 e. The van der Waals surface area contributed by atoms with E-state index in [1.54, 1.807) is 15.9 Å². The number of hydrogen-bond donors (Lipinski definition) is 2. The van der Waals surface area contributed by atoms with Gasteiger partial charge in [0.1, 0.15) is 4.83 Å². The molecular formula is C15H22N4OS. The Bertz CT molecular complexity index is 719. The highest BCUT2D eigenvalue weighted by atomic mass is 32.1. The fraction of sp³-hybridized carbons (Fsp3) is 0.600. The van der Waals surface area contributed by atoms with Gasteiger partial charge in [-0.1, -0.05) is 6.92 Å². The summed E-state index contributed by atoms with van der Waals surface area (Å²) >= 11 is 1.69. The first-order chi connectivity index (χ1) is 10.2. The Morgan fingerprint density at radius 2 is 2.33 bits per heavy atom. The van der Waals surface area contributed by atoms with Gasteiger partial charge in [0.15, 0.2) is 0 Å². The average Bonchev–Trinajstić information content (AvgIpc) is 2.82. The predicted molar refractivity (Wildman–Crippen MR) is 88.3 cm³/mol. The Hall–Kier alpha value is -1.40. The van der Waals surface area contributed by atoms with E-state index < -0.39 is 0 Å². The normalized spacial score (nSPS) is 18.0. The van der Waals surface area contributed by atoms with Crippen molar-refractivity contribution in [1.29, 1.82) is 0 Å². The number of aryl methyl sites for hydroxylation is 1. The third-order valence-corrected chi connectivity index (χ3v) is 5.31. The van der Waals surface area contributed by atoms with Gasteiger partial charge in [0.2, 0.25) is 5.95 Å². The van der Waals surface area contributed by atoms with Gasteiger partial charge in [-0.3, -0.25) is 9.36 Å². The molecule has 114 valence electrons. The van der Waals surface area contributed by atoms with Crippen LogP contribution in [0.4, 0.5) is 5.95 Å². The molecule has 1 unspecified atom stereocenters. The number of fused-ring (bicyclic) bond motifs is 3. The number of nitrogens with one attached hydrogen (secondary N) is 1. The first kappa shape index (κ1) is 14.5. The number of anilines is 1. The molecule has 0 radical (unpaired) electrons. The van der Waals surface area contributed by atoms with Crippen LogP contribution in [0.3, 0.4) is 0 Å². The number of hydrogen-bond acceptors (Lipinski definition) is 5. The van der Waals surface area contributed by atoms with Gasteiger partial charge >= 0.3 is 0 Å². The smallest absolute Gasteiger partial charge is 0.263 e. The van der Waals surface area contributed by atoms with E-state index in [1.165, 1.54) is 10.4 Å². The lowest BCUT2D eigenvalue weighted by Gasteiger charge is -2.17. The van der Waals surface area contributed by atoms with Gasteiger partial charge in [0.25, 0.3) is 5.56 Å². The summed E-state index contributed by atoms with van der Waals surface area (Å²) in [5.41, 5.74) is 6.88. The molecule has 3 N–H and O–H groups in total. The first-order valence-electron chi connectivity index (χ1n) is 7.64. The van der Waals surface area contributed by atoms with Gasteiger partial charge in [-0.15, -0.1) is 11.3 Å². The Kier molecular flexibility index (Phi) is 3.99. The fourth-order valence-corrected chi connectivity index (χ4v) is 4.41. The topological polar surface area (TPSA) is 72.9 Å². The lowest BCUT2D eigenvalue weighted by Crippen LogP contribution is -2.26. The van der Waals surface area contributed by atoms with Crippen LogP contribution in [0.1, 0.15) is 30.7 Å². The molecule has 3 rings (SSSR count). The van der Waals surface area contributed by atoms with Gasteiger partial charge in [-0.25, -0.2) is 4.98 Å². The molecule has 0 saturated heterocycles. The number of aromatic nitrogens is 2. The molecule has 1 atom stereocenters. The molecule has 0 bridgehead atoms.